The van der Waals surface area contributed by atoms with Gasteiger partial charge in [-0.25, -0.2) is 4.68 Å². The zero-order valence-corrected chi connectivity index (χ0v) is 23.3. The lowest BCUT2D eigenvalue weighted by atomic mass is 9.62. The third-order valence-electron chi connectivity index (χ3n) is 9.27. The number of hydrogen-bond donors (Lipinski definition) is 3. The Morgan fingerprint density at radius 3 is 2.61 bits per heavy atom. The van der Waals surface area contributed by atoms with Crippen molar-refractivity contribution in [1.82, 2.24) is 25.2 Å². The monoisotopic (exact) mass is 560 g/mol. The number of aliphatic hydroxyl groups is 1. The molecule has 3 fully saturated rings. The Labute approximate surface area is 238 Å². The van der Waals surface area contributed by atoms with Gasteiger partial charge < -0.3 is 25.4 Å². The quantitative estimate of drug-likeness (QED) is 0.324. The SMILES string of the molecule is CC1CC23O[C@]1(C)[C@@H](C(=O)Nc1ccccc1)[C@H]2C(=O)N(CCCCCO)C3C(=O)NCn1nnc2ccccc21. The molecule has 3 N–H and O–H groups in total. The minimum Gasteiger partial charge on any atom is -0.396 e. The van der Waals surface area contributed by atoms with Crippen molar-refractivity contribution in [3.63, 3.8) is 0 Å². The van der Waals surface area contributed by atoms with E-state index in [4.69, 9.17) is 4.74 Å². The lowest BCUT2D eigenvalue weighted by Crippen LogP contribution is -2.56. The molecule has 0 aliphatic carbocycles. The molecule has 216 valence electrons. The summed E-state index contributed by atoms with van der Waals surface area (Å²) in [6, 6.07) is 15.7. The van der Waals surface area contributed by atoms with Crippen LogP contribution in [0.4, 0.5) is 5.69 Å². The summed E-state index contributed by atoms with van der Waals surface area (Å²) < 4.78 is 8.37. The fraction of sp³-hybridized carbons (Fsp3) is 0.500. The number of aromatic nitrogens is 3. The van der Waals surface area contributed by atoms with Gasteiger partial charge in [0.1, 0.15) is 23.8 Å². The Morgan fingerprint density at radius 1 is 1.07 bits per heavy atom. The minimum atomic E-state index is -1.13. The molecular formula is C30H36N6O5. The largest absolute Gasteiger partial charge is 0.396 e. The van der Waals surface area contributed by atoms with E-state index < -0.39 is 29.1 Å². The molecule has 0 radical (unpaired) electrons. The molecule has 3 amide bonds. The highest BCUT2D eigenvalue weighted by atomic mass is 16.5. The number of nitrogens with zero attached hydrogens (tertiary/aromatic N) is 4. The van der Waals surface area contributed by atoms with Crippen LogP contribution in [-0.2, 0) is 25.8 Å². The standard InChI is InChI=1S/C30H36N6O5/c1-19-17-30-24(23(29(19,2)41-30)26(38)32-20-11-5-3-6-12-20)28(40)35(15-9-4-10-16-37)25(30)27(39)31-18-36-22-14-8-7-13-21(22)33-34-36/h3,5-8,11-14,19,23-25,37H,4,9-10,15-18H2,1-2H3,(H,31,39)(H,32,38)/t19?,23-,24+,25?,29+,30?/m1/s1. The van der Waals surface area contributed by atoms with E-state index in [1.54, 1.807) is 9.58 Å². The van der Waals surface area contributed by atoms with Gasteiger partial charge in [0, 0.05) is 18.8 Å². The van der Waals surface area contributed by atoms with Crippen molar-refractivity contribution in [3.05, 3.63) is 54.6 Å². The smallest absolute Gasteiger partial charge is 0.247 e. The number of fused-ring (bicyclic) bond motifs is 2. The van der Waals surface area contributed by atoms with Gasteiger partial charge >= 0.3 is 0 Å². The summed E-state index contributed by atoms with van der Waals surface area (Å²) in [4.78, 5) is 43.6. The van der Waals surface area contributed by atoms with Crippen LogP contribution < -0.4 is 10.6 Å². The molecule has 11 nitrogen and oxygen atoms in total. The topological polar surface area (TPSA) is 139 Å². The number of nitrogens with one attached hydrogen (secondary N) is 2. The summed E-state index contributed by atoms with van der Waals surface area (Å²) in [5.41, 5.74) is 0.113. The van der Waals surface area contributed by atoms with E-state index in [1.165, 1.54) is 0 Å². The second kappa shape index (κ2) is 10.5. The number of unbranched alkanes of at least 4 members (excludes halogenated alkanes) is 2. The highest BCUT2D eigenvalue weighted by molar-refractivity contribution is 6.02. The molecule has 3 aliphatic heterocycles. The van der Waals surface area contributed by atoms with Crippen LogP contribution in [0.1, 0.15) is 39.5 Å². The van der Waals surface area contributed by atoms with Gasteiger partial charge in [-0.3, -0.25) is 14.4 Å². The van der Waals surface area contributed by atoms with E-state index in [0.717, 1.165) is 5.52 Å². The first-order valence-corrected chi connectivity index (χ1v) is 14.3. The molecule has 3 aromatic rings. The molecule has 2 aromatic carbocycles. The molecule has 41 heavy (non-hydrogen) atoms. The van der Waals surface area contributed by atoms with Crippen LogP contribution in [0, 0.1) is 17.8 Å². The fourth-order valence-corrected chi connectivity index (χ4v) is 7.28. The van der Waals surface area contributed by atoms with E-state index in [-0.39, 0.29) is 36.9 Å². The van der Waals surface area contributed by atoms with Crippen molar-refractivity contribution in [2.75, 3.05) is 18.5 Å². The Morgan fingerprint density at radius 2 is 1.83 bits per heavy atom. The Kier molecular flexibility index (Phi) is 7.03. The van der Waals surface area contributed by atoms with Crippen molar-refractivity contribution in [3.8, 4) is 0 Å². The molecule has 1 aromatic heterocycles. The maximum absolute atomic E-state index is 14.2. The average Bonchev–Trinajstić information content (AvgIpc) is 3.64. The highest BCUT2D eigenvalue weighted by Gasteiger charge is 2.79. The number of likely N-dealkylation sites (tertiary alicyclic amines) is 1. The molecule has 0 saturated carbocycles. The van der Waals surface area contributed by atoms with E-state index in [0.29, 0.717) is 43.4 Å². The van der Waals surface area contributed by atoms with Crippen molar-refractivity contribution in [1.29, 1.82) is 0 Å². The van der Waals surface area contributed by atoms with Crippen molar-refractivity contribution >= 4 is 34.4 Å². The number of benzene rings is 2. The molecule has 3 unspecified atom stereocenters. The Bertz CT molecular complexity index is 1460. The average molecular weight is 561 g/mol. The first-order valence-electron chi connectivity index (χ1n) is 14.3. The summed E-state index contributed by atoms with van der Waals surface area (Å²) in [5, 5.41) is 23.6. The number of para-hydroxylation sites is 2. The predicted octanol–water partition coefficient (Wildman–Crippen LogP) is 2.32. The number of carbonyl (C=O) groups is 3. The molecule has 4 heterocycles. The van der Waals surface area contributed by atoms with Gasteiger partial charge in [0.2, 0.25) is 17.7 Å². The van der Waals surface area contributed by atoms with Crippen LogP contribution in [0.15, 0.2) is 54.6 Å². The zero-order chi connectivity index (χ0) is 28.8. The normalized spacial score (nSPS) is 30.1. The first kappa shape index (κ1) is 27.3. The van der Waals surface area contributed by atoms with E-state index in [9.17, 15) is 19.5 Å². The van der Waals surface area contributed by atoms with Gasteiger partial charge in [-0.05, 0) is 62.8 Å². The second-order valence-electron chi connectivity index (χ2n) is 11.7. The Hall–Kier alpha value is -3.83. The van der Waals surface area contributed by atoms with Crippen LogP contribution in [0.5, 0.6) is 0 Å². The number of rotatable bonds is 10. The van der Waals surface area contributed by atoms with Gasteiger partial charge in [-0.1, -0.05) is 42.5 Å². The van der Waals surface area contributed by atoms with Crippen LogP contribution >= 0.6 is 0 Å². The number of aliphatic hydroxyl groups excluding tert-OH is 1. The number of ether oxygens (including phenoxy) is 1. The van der Waals surface area contributed by atoms with Crippen LogP contribution in [0.25, 0.3) is 11.0 Å². The lowest BCUT2D eigenvalue weighted by molar-refractivity contribution is -0.146. The summed E-state index contributed by atoms with van der Waals surface area (Å²) in [7, 11) is 0. The van der Waals surface area contributed by atoms with Gasteiger partial charge in [-0.2, -0.15) is 0 Å². The molecule has 3 aliphatic rings. The molecular weight excluding hydrogens is 524 g/mol. The first-order chi connectivity index (χ1) is 19.8. The number of hydrogen-bond acceptors (Lipinski definition) is 7. The van der Waals surface area contributed by atoms with Crippen molar-refractivity contribution in [2.45, 2.75) is 63.4 Å². The van der Waals surface area contributed by atoms with E-state index >= 15 is 0 Å². The summed E-state index contributed by atoms with van der Waals surface area (Å²) >= 11 is 0. The van der Waals surface area contributed by atoms with Gasteiger partial charge in [0.15, 0.2) is 0 Å². The molecule has 11 heteroatoms. The summed E-state index contributed by atoms with van der Waals surface area (Å²) in [5.74, 6) is -2.45. The third kappa shape index (κ3) is 4.38. The maximum atomic E-state index is 14.2. The highest BCUT2D eigenvalue weighted by Crippen LogP contribution is 2.65. The maximum Gasteiger partial charge on any atom is 0.247 e. The Balaban J connectivity index is 1.31. The van der Waals surface area contributed by atoms with E-state index in [2.05, 4.69) is 20.9 Å². The van der Waals surface area contributed by atoms with Gasteiger partial charge in [-0.15, -0.1) is 5.10 Å². The van der Waals surface area contributed by atoms with Gasteiger partial charge in [0.05, 0.1) is 23.0 Å². The fourth-order valence-electron chi connectivity index (χ4n) is 7.28. The number of amides is 3. The number of anilines is 1. The molecule has 6 rings (SSSR count). The zero-order valence-electron chi connectivity index (χ0n) is 23.3. The van der Waals surface area contributed by atoms with Crippen molar-refractivity contribution in [2.24, 2.45) is 17.8 Å². The molecule has 1 spiro atoms. The van der Waals surface area contributed by atoms with E-state index in [1.807, 2.05) is 68.4 Å². The van der Waals surface area contributed by atoms with Crippen LogP contribution in [0.3, 0.4) is 0 Å². The summed E-state index contributed by atoms with van der Waals surface area (Å²) in [6.45, 7) is 4.40. The molecule has 6 atom stereocenters. The number of carbonyl (C=O) groups excluding carboxylic acids is 3. The molecule has 2 bridgehead atoms. The summed E-state index contributed by atoms with van der Waals surface area (Å²) in [6.07, 6.45) is 2.44. The third-order valence-corrected chi connectivity index (χ3v) is 9.27. The van der Waals surface area contributed by atoms with Gasteiger partial charge in [0.25, 0.3) is 0 Å². The van der Waals surface area contributed by atoms with Crippen molar-refractivity contribution < 1.29 is 24.2 Å². The molecule has 3 saturated heterocycles. The minimum absolute atomic E-state index is 0.0537. The lowest BCUT2D eigenvalue weighted by Gasteiger charge is -2.36. The predicted molar refractivity (Wildman–Crippen MR) is 150 cm³/mol. The van der Waals surface area contributed by atoms with Crippen LogP contribution in [0.2, 0.25) is 0 Å². The van der Waals surface area contributed by atoms with Crippen LogP contribution in [-0.4, -0.2) is 73.1 Å². The second-order valence-corrected chi connectivity index (χ2v) is 11.7.